The van der Waals surface area contributed by atoms with Crippen molar-refractivity contribution in [2.75, 3.05) is 0 Å². The standard InChI is InChI=1S/C7H7O/c1-3-7-6(2)4-5-8-7/h1,3-5H,2H3. The van der Waals surface area contributed by atoms with Gasteiger partial charge >= 0.3 is 0 Å². The first-order valence-electron chi connectivity index (χ1n) is 2.43. The van der Waals surface area contributed by atoms with Crippen LogP contribution in [0.25, 0.3) is 6.08 Å². The Labute approximate surface area is 48.6 Å². The number of rotatable bonds is 1. The van der Waals surface area contributed by atoms with Crippen LogP contribution in [0.15, 0.2) is 16.7 Å². The van der Waals surface area contributed by atoms with Crippen molar-refractivity contribution < 1.29 is 4.42 Å². The smallest absolute Gasteiger partial charge is 0.129 e. The molecule has 0 aliphatic rings. The zero-order valence-corrected chi connectivity index (χ0v) is 4.72. The highest BCUT2D eigenvalue weighted by molar-refractivity contribution is 5.42. The van der Waals surface area contributed by atoms with E-state index in [2.05, 4.69) is 0 Å². The van der Waals surface area contributed by atoms with Gasteiger partial charge in [0.25, 0.3) is 0 Å². The van der Waals surface area contributed by atoms with Gasteiger partial charge in [-0.25, -0.2) is 0 Å². The lowest BCUT2D eigenvalue weighted by molar-refractivity contribution is 0.555. The molecule has 0 aliphatic heterocycles. The maximum Gasteiger partial charge on any atom is 0.129 e. The van der Waals surface area contributed by atoms with Crippen LogP contribution in [0.5, 0.6) is 0 Å². The van der Waals surface area contributed by atoms with E-state index in [1.165, 1.54) is 6.08 Å². The number of hydrogen-bond acceptors (Lipinski definition) is 1. The number of furan rings is 1. The monoisotopic (exact) mass is 107 g/mol. The van der Waals surface area contributed by atoms with Crippen LogP contribution in [0.3, 0.4) is 0 Å². The first kappa shape index (κ1) is 5.16. The molecule has 1 nitrogen and oxygen atoms in total. The van der Waals surface area contributed by atoms with Crippen molar-refractivity contribution in [1.82, 2.24) is 0 Å². The minimum atomic E-state index is 0.755. The average Bonchev–Trinajstić information content (AvgIpc) is 2.14. The molecule has 0 atom stereocenters. The lowest BCUT2D eigenvalue weighted by Gasteiger charge is -1.81. The Morgan fingerprint density at radius 3 is 2.75 bits per heavy atom. The molecule has 1 heteroatoms. The summed E-state index contributed by atoms with van der Waals surface area (Å²) in [7, 11) is 0. The van der Waals surface area contributed by atoms with Crippen LogP contribution in [0.4, 0.5) is 0 Å². The van der Waals surface area contributed by atoms with Gasteiger partial charge in [0.2, 0.25) is 0 Å². The Kier molecular flexibility index (Phi) is 1.20. The average molecular weight is 107 g/mol. The molecule has 0 saturated carbocycles. The lowest BCUT2D eigenvalue weighted by atomic mass is 10.3. The normalized spacial score (nSPS) is 9.12. The van der Waals surface area contributed by atoms with Crippen LogP contribution < -0.4 is 0 Å². The summed E-state index contributed by atoms with van der Waals surface area (Å²) in [5, 5.41) is 0. The van der Waals surface area contributed by atoms with E-state index in [9.17, 15) is 0 Å². The van der Waals surface area contributed by atoms with Gasteiger partial charge in [0.15, 0.2) is 0 Å². The van der Waals surface area contributed by atoms with Crippen LogP contribution in [0.2, 0.25) is 0 Å². The van der Waals surface area contributed by atoms with E-state index in [1.54, 1.807) is 6.26 Å². The van der Waals surface area contributed by atoms with E-state index in [4.69, 9.17) is 11.0 Å². The quantitative estimate of drug-likeness (QED) is 0.535. The van der Waals surface area contributed by atoms with Crippen molar-refractivity contribution in [3.8, 4) is 0 Å². The van der Waals surface area contributed by atoms with Crippen molar-refractivity contribution >= 4 is 6.08 Å². The summed E-state index contributed by atoms with van der Waals surface area (Å²) in [6.45, 7) is 7.12. The second-order valence-corrected chi connectivity index (χ2v) is 1.63. The van der Waals surface area contributed by atoms with E-state index in [0.29, 0.717) is 0 Å². The Hall–Kier alpha value is -0.980. The van der Waals surface area contributed by atoms with Crippen LogP contribution >= 0.6 is 0 Å². The summed E-state index contributed by atoms with van der Waals surface area (Å²) in [5.41, 5.74) is 1.08. The van der Waals surface area contributed by atoms with E-state index < -0.39 is 0 Å². The summed E-state index contributed by atoms with van der Waals surface area (Å²) in [6.07, 6.45) is 3.07. The highest BCUT2D eigenvalue weighted by Crippen LogP contribution is 2.08. The first-order valence-corrected chi connectivity index (χ1v) is 2.43. The van der Waals surface area contributed by atoms with Crippen molar-refractivity contribution in [2.24, 2.45) is 0 Å². The molecule has 1 radical (unpaired) electrons. The molecule has 41 valence electrons. The Bertz CT molecular complexity index is 186. The van der Waals surface area contributed by atoms with Crippen LogP contribution in [0.1, 0.15) is 11.3 Å². The van der Waals surface area contributed by atoms with Crippen molar-refractivity contribution in [3.05, 3.63) is 30.2 Å². The van der Waals surface area contributed by atoms with Gasteiger partial charge in [-0.2, -0.15) is 0 Å². The van der Waals surface area contributed by atoms with E-state index in [-0.39, 0.29) is 0 Å². The fraction of sp³-hybridized carbons (Fsp3) is 0.143. The van der Waals surface area contributed by atoms with Gasteiger partial charge in [0, 0.05) is 0 Å². The molecule has 1 heterocycles. The molecule has 0 N–H and O–H groups in total. The summed E-state index contributed by atoms with van der Waals surface area (Å²) < 4.78 is 4.93. The maximum atomic E-state index is 5.18. The zero-order chi connectivity index (χ0) is 5.98. The Balaban J connectivity index is 3.09. The second-order valence-electron chi connectivity index (χ2n) is 1.63. The third-order valence-corrected chi connectivity index (χ3v) is 1.05. The van der Waals surface area contributed by atoms with E-state index in [0.717, 1.165) is 11.3 Å². The van der Waals surface area contributed by atoms with Crippen LogP contribution in [0, 0.1) is 13.5 Å². The molecule has 0 spiro atoms. The summed E-state index contributed by atoms with van der Waals surface area (Å²) in [5.74, 6) is 0.755. The summed E-state index contributed by atoms with van der Waals surface area (Å²) in [6, 6.07) is 1.87. The van der Waals surface area contributed by atoms with Crippen LogP contribution in [-0.4, -0.2) is 0 Å². The molecule has 1 rings (SSSR count). The minimum absolute atomic E-state index is 0.755. The molecular formula is C7H7O. The van der Waals surface area contributed by atoms with Crippen molar-refractivity contribution in [3.63, 3.8) is 0 Å². The molecular weight excluding hydrogens is 100 g/mol. The highest BCUT2D eigenvalue weighted by atomic mass is 16.3. The predicted molar refractivity (Wildman–Crippen MR) is 32.2 cm³/mol. The molecule has 8 heavy (non-hydrogen) atoms. The van der Waals surface area contributed by atoms with Gasteiger partial charge in [-0.3, -0.25) is 0 Å². The largest absolute Gasteiger partial charge is 0.465 e. The topological polar surface area (TPSA) is 13.1 Å². The van der Waals surface area contributed by atoms with Gasteiger partial charge in [0.1, 0.15) is 5.76 Å². The van der Waals surface area contributed by atoms with Crippen molar-refractivity contribution in [2.45, 2.75) is 6.92 Å². The minimum Gasteiger partial charge on any atom is -0.465 e. The fourth-order valence-electron chi connectivity index (χ4n) is 0.555. The Morgan fingerprint density at radius 1 is 1.75 bits per heavy atom. The SMILES string of the molecule is [CH]=Cc1occc1C. The number of aryl methyl sites for hydroxylation is 1. The lowest BCUT2D eigenvalue weighted by Crippen LogP contribution is -1.65. The maximum absolute atomic E-state index is 5.18. The molecule has 0 amide bonds. The zero-order valence-electron chi connectivity index (χ0n) is 4.72. The van der Waals surface area contributed by atoms with Crippen molar-refractivity contribution in [1.29, 1.82) is 0 Å². The van der Waals surface area contributed by atoms with Gasteiger partial charge < -0.3 is 4.42 Å². The van der Waals surface area contributed by atoms with Gasteiger partial charge in [-0.1, -0.05) is 6.58 Å². The summed E-state index contributed by atoms with van der Waals surface area (Å²) in [4.78, 5) is 0. The third-order valence-electron chi connectivity index (χ3n) is 1.05. The number of hydrogen-bond donors (Lipinski definition) is 0. The molecule has 0 fully saturated rings. The predicted octanol–water partition coefficient (Wildman–Crippen LogP) is 2.03. The second kappa shape index (κ2) is 1.86. The molecule has 1 aromatic rings. The van der Waals surface area contributed by atoms with Crippen LogP contribution in [-0.2, 0) is 0 Å². The highest BCUT2D eigenvalue weighted by Gasteiger charge is 1.92. The molecule has 0 bridgehead atoms. The van der Waals surface area contributed by atoms with Gasteiger partial charge in [-0.05, 0) is 24.6 Å². The third kappa shape index (κ3) is 0.668. The van der Waals surface area contributed by atoms with E-state index >= 15 is 0 Å². The first-order chi connectivity index (χ1) is 3.84. The molecule has 1 aromatic heterocycles. The van der Waals surface area contributed by atoms with Gasteiger partial charge in [-0.15, -0.1) is 0 Å². The molecule has 0 aromatic carbocycles. The van der Waals surface area contributed by atoms with Gasteiger partial charge in [0.05, 0.1) is 6.26 Å². The molecule has 0 saturated heterocycles. The fourth-order valence-corrected chi connectivity index (χ4v) is 0.555. The summed E-state index contributed by atoms with van der Waals surface area (Å²) >= 11 is 0. The Morgan fingerprint density at radius 2 is 2.50 bits per heavy atom. The molecule has 0 aliphatic carbocycles. The van der Waals surface area contributed by atoms with E-state index in [1.807, 2.05) is 13.0 Å². The molecule has 0 unspecified atom stereocenters.